The van der Waals surface area contributed by atoms with E-state index >= 15 is 0 Å². The second-order valence-electron chi connectivity index (χ2n) is 7.37. The molecule has 1 amide bonds. The predicted molar refractivity (Wildman–Crippen MR) is 105 cm³/mol. The standard InChI is InChI=1S/C22H23NO3S/c1-16-11-13-19(14-12-16)27(25,26)23-15-18-9-5-6-10-20(18)21(22(23)24)17-7-3-2-4-8-17/h2-4,7-9,11-14,20-21H,5-6,10,15H2,1H3/t20-,21+/m1/s1. The summed E-state index contributed by atoms with van der Waals surface area (Å²) < 4.78 is 27.6. The summed E-state index contributed by atoms with van der Waals surface area (Å²) >= 11 is 0. The minimum absolute atomic E-state index is 0.0955. The van der Waals surface area contributed by atoms with Gasteiger partial charge >= 0.3 is 0 Å². The maximum absolute atomic E-state index is 13.4. The molecule has 2 atom stereocenters. The number of aryl methyl sites for hydroxylation is 1. The lowest BCUT2D eigenvalue weighted by molar-refractivity contribution is -0.130. The molecule has 0 bridgehead atoms. The zero-order valence-electron chi connectivity index (χ0n) is 15.3. The van der Waals surface area contributed by atoms with Crippen molar-refractivity contribution in [3.8, 4) is 0 Å². The molecule has 1 saturated heterocycles. The van der Waals surface area contributed by atoms with Crippen molar-refractivity contribution in [3.05, 3.63) is 77.4 Å². The molecule has 27 heavy (non-hydrogen) atoms. The molecule has 0 radical (unpaired) electrons. The molecule has 0 spiro atoms. The molecule has 2 aromatic carbocycles. The molecule has 0 aromatic heterocycles. The van der Waals surface area contributed by atoms with Crippen molar-refractivity contribution in [2.75, 3.05) is 6.54 Å². The molecule has 0 unspecified atom stereocenters. The Labute approximate surface area is 160 Å². The van der Waals surface area contributed by atoms with Crippen molar-refractivity contribution in [1.29, 1.82) is 0 Å². The van der Waals surface area contributed by atoms with Crippen molar-refractivity contribution < 1.29 is 13.2 Å². The van der Waals surface area contributed by atoms with Crippen LogP contribution < -0.4 is 0 Å². The third kappa shape index (κ3) is 3.21. The van der Waals surface area contributed by atoms with E-state index in [1.165, 1.54) is 0 Å². The Bertz CT molecular complexity index is 978. The maximum atomic E-state index is 13.4. The largest absolute Gasteiger partial charge is 0.273 e. The second kappa shape index (κ2) is 6.97. The molecule has 1 aliphatic heterocycles. The highest BCUT2D eigenvalue weighted by molar-refractivity contribution is 7.89. The Hall–Kier alpha value is -2.40. The first-order valence-corrected chi connectivity index (χ1v) is 10.8. The van der Waals surface area contributed by atoms with Gasteiger partial charge in [-0.25, -0.2) is 12.7 Å². The molecule has 0 saturated carbocycles. The fraction of sp³-hybridized carbons (Fsp3) is 0.318. The first-order valence-electron chi connectivity index (χ1n) is 9.35. The zero-order valence-corrected chi connectivity index (χ0v) is 16.2. The number of carbonyl (C=O) groups excluding carboxylic acids is 1. The van der Waals surface area contributed by atoms with E-state index in [1.807, 2.05) is 37.3 Å². The summed E-state index contributed by atoms with van der Waals surface area (Å²) in [7, 11) is -3.88. The van der Waals surface area contributed by atoms with E-state index in [0.717, 1.165) is 40.3 Å². The van der Waals surface area contributed by atoms with Crippen molar-refractivity contribution in [3.63, 3.8) is 0 Å². The van der Waals surface area contributed by atoms with E-state index in [2.05, 4.69) is 6.08 Å². The summed E-state index contributed by atoms with van der Waals surface area (Å²) in [6.45, 7) is 2.08. The van der Waals surface area contributed by atoms with Crippen LogP contribution in [0.4, 0.5) is 0 Å². The Balaban J connectivity index is 1.78. The van der Waals surface area contributed by atoms with Gasteiger partial charge in [0.2, 0.25) is 5.91 Å². The summed E-state index contributed by atoms with van der Waals surface area (Å²) in [5.74, 6) is -0.657. The van der Waals surface area contributed by atoms with E-state index < -0.39 is 15.9 Å². The molecular formula is C22H23NO3S. The SMILES string of the molecule is Cc1ccc(S(=O)(=O)N2CC3=CCCC[C@H]3[C@H](c3ccccc3)C2=O)cc1. The molecule has 2 aliphatic rings. The summed E-state index contributed by atoms with van der Waals surface area (Å²) in [6, 6.07) is 16.3. The summed E-state index contributed by atoms with van der Waals surface area (Å²) in [6.07, 6.45) is 5.04. The number of hydrogen-bond acceptors (Lipinski definition) is 3. The first kappa shape index (κ1) is 18.0. The van der Waals surface area contributed by atoms with Crippen molar-refractivity contribution >= 4 is 15.9 Å². The van der Waals surface area contributed by atoms with E-state index in [9.17, 15) is 13.2 Å². The molecule has 140 valence electrons. The minimum Gasteiger partial charge on any atom is -0.273 e. The van der Waals surface area contributed by atoms with Gasteiger partial charge < -0.3 is 0 Å². The number of carbonyl (C=O) groups is 1. The zero-order chi connectivity index (χ0) is 19.0. The molecule has 4 nitrogen and oxygen atoms in total. The van der Waals surface area contributed by atoms with Crippen LogP contribution in [-0.4, -0.2) is 25.2 Å². The predicted octanol–water partition coefficient (Wildman–Crippen LogP) is 4.04. The lowest BCUT2D eigenvalue weighted by Crippen LogP contribution is -2.49. The molecular weight excluding hydrogens is 358 g/mol. The number of allylic oxidation sites excluding steroid dienone is 1. The third-order valence-corrected chi connectivity index (χ3v) is 7.37. The van der Waals surface area contributed by atoms with Gasteiger partial charge in [0.25, 0.3) is 10.0 Å². The number of sulfonamides is 1. The molecule has 2 aromatic rings. The molecule has 1 heterocycles. The van der Waals surface area contributed by atoms with Gasteiger partial charge in [-0.05, 0) is 55.4 Å². The van der Waals surface area contributed by atoms with Gasteiger partial charge in [-0.2, -0.15) is 0 Å². The lowest BCUT2D eigenvalue weighted by atomic mass is 9.73. The fourth-order valence-electron chi connectivity index (χ4n) is 4.17. The first-order chi connectivity index (χ1) is 13.0. The average molecular weight is 381 g/mol. The molecule has 0 N–H and O–H groups in total. The van der Waals surface area contributed by atoms with Crippen LogP contribution >= 0.6 is 0 Å². The third-order valence-electron chi connectivity index (χ3n) is 5.61. The van der Waals surface area contributed by atoms with Gasteiger partial charge in [0.15, 0.2) is 0 Å². The van der Waals surface area contributed by atoms with Gasteiger partial charge in [0.1, 0.15) is 0 Å². The van der Waals surface area contributed by atoms with Gasteiger partial charge in [0.05, 0.1) is 17.4 Å². The van der Waals surface area contributed by atoms with E-state index in [0.29, 0.717) is 0 Å². The Kier molecular flexibility index (Phi) is 4.64. The summed E-state index contributed by atoms with van der Waals surface area (Å²) in [5.41, 5.74) is 2.95. The lowest BCUT2D eigenvalue weighted by Gasteiger charge is -2.41. The molecule has 1 aliphatic carbocycles. The van der Waals surface area contributed by atoms with Crippen LogP contribution in [0.2, 0.25) is 0 Å². The summed E-state index contributed by atoms with van der Waals surface area (Å²) in [5, 5.41) is 0. The normalized spacial score (nSPS) is 22.9. The topological polar surface area (TPSA) is 54.5 Å². The molecule has 1 fully saturated rings. The summed E-state index contributed by atoms with van der Waals surface area (Å²) in [4.78, 5) is 13.6. The smallest absolute Gasteiger partial charge is 0.266 e. The van der Waals surface area contributed by atoms with Crippen molar-refractivity contribution in [2.45, 2.75) is 37.0 Å². The van der Waals surface area contributed by atoms with E-state index in [1.54, 1.807) is 24.3 Å². The van der Waals surface area contributed by atoms with Gasteiger partial charge in [-0.3, -0.25) is 4.79 Å². The van der Waals surface area contributed by atoms with Crippen LogP contribution in [0.5, 0.6) is 0 Å². The van der Waals surface area contributed by atoms with Gasteiger partial charge in [0, 0.05) is 0 Å². The molecule has 4 rings (SSSR count). The van der Waals surface area contributed by atoms with Crippen LogP contribution in [0.15, 0.2) is 71.1 Å². The highest BCUT2D eigenvalue weighted by Crippen LogP contribution is 2.43. The van der Waals surface area contributed by atoms with Gasteiger partial charge in [-0.15, -0.1) is 0 Å². The molecule has 5 heteroatoms. The van der Waals surface area contributed by atoms with E-state index in [4.69, 9.17) is 0 Å². The Morgan fingerprint density at radius 2 is 1.70 bits per heavy atom. The van der Waals surface area contributed by atoms with Crippen LogP contribution in [0.1, 0.15) is 36.3 Å². The van der Waals surface area contributed by atoms with Crippen molar-refractivity contribution in [1.82, 2.24) is 4.31 Å². The average Bonchev–Trinajstić information content (AvgIpc) is 2.68. The van der Waals surface area contributed by atoms with Crippen LogP contribution in [0.25, 0.3) is 0 Å². The van der Waals surface area contributed by atoms with Crippen LogP contribution in [-0.2, 0) is 14.8 Å². The Morgan fingerprint density at radius 1 is 1.00 bits per heavy atom. The van der Waals surface area contributed by atoms with Crippen LogP contribution in [0, 0.1) is 12.8 Å². The Morgan fingerprint density at radius 3 is 2.41 bits per heavy atom. The second-order valence-corrected chi connectivity index (χ2v) is 9.23. The highest BCUT2D eigenvalue weighted by atomic mass is 32.2. The number of piperidine rings is 1. The van der Waals surface area contributed by atoms with E-state index in [-0.39, 0.29) is 23.3 Å². The number of benzene rings is 2. The number of rotatable bonds is 3. The number of nitrogens with zero attached hydrogens (tertiary/aromatic N) is 1. The fourth-order valence-corrected chi connectivity index (χ4v) is 5.58. The monoisotopic (exact) mass is 381 g/mol. The number of fused-ring (bicyclic) bond motifs is 1. The van der Waals surface area contributed by atoms with Crippen LogP contribution in [0.3, 0.4) is 0 Å². The number of amides is 1. The highest BCUT2D eigenvalue weighted by Gasteiger charge is 2.45. The number of hydrogen-bond donors (Lipinski definition) is 0. The van der Waals surface area contributed by atoms with Crippen molar-refractivity contribution in [2.24, 2.45) is 5.92 Å². The minimum atomic E-state index is -3.88. The van der Waals surface area contributed by atoms with Gasteiger partial charge in [-0.1, -0.05) is 54.1 Å². The quantitative estimate of drug-likeness (QED) is 0.754. The maximum Gasteiger partial charge on any atom is 0.266 e.